The number of carbonyl (C=O) groups excluding carboxylic acids is 6. The van der Waals surface area contributed by atoms with Crippen LogP contribution in [-0.4, -0.2) is 77.2 Å². The fourth-order valence-electron chi connectivity index (χ4n) is 6.03. The summed E-state index contributed by atoms with van der Waals surface area (Å²) in [6, 6.07) is 13.3. The van der Waals surface area contributed by atoms with Crippen molar-refractivity contribution in [2.75, 3.05) is 19.0 Å². The summed E-state index contributed by atoms with van der Waals surface area (Å²) in [6.45, 7) is 7.16. The first-order valence-electron chi connectivity index (χ1n) is 18.8. The minimum atomic E-state index is -1.34. The minimum absolute atomic E-state index is 0.0893. The van der Waals surface area contributed by atoms with Crippen LogP contribution in [0.2, 0.25) is 0 Å². The fraction of sp³-hybridized carbons (Fsp3) is 0.561. The highest BCUT2D eigenvalue weighted by Crippen LogP contribution is 2.23. The normalized spacial score (nSPS) is 14.6. The molecule has 7 N–H and O–H groups in total. The second-order valence-electron chi connectivity index (χ2n) is 14.1. The number of amides is 2. The zero-order chi connectivity index (χ0) is 39.5. The fourth-order valence-corrected chi connectivity index (χ4v) is 6.30. The van der Waals surface area contributed by atoms with Crippen LogP contribution in [0.25, 0.3) is 11.1 Å². The Morgan fingerprint density at radius 2 is 1.30 bits per heavy atom. The van der Waals surface area contributed by atoms with Gasteiger partial charge < -0.3 is 27.2 Å². The van der Waals surface area contributed by atoms with Gasteiger partial charge in [0.1, 0.15) is 6.04 Å². The number of nitrogens with one attached hydrogen (secondary N) is 2. The number of hydrogen-bond donors (Lipinski definition) is 5. The molecule has 0 aliphatic carbocycles. The highest BCUT2D eigenvalue weighted by molar-refractivity contribution is 6.28. The van der Waals surface area contributed by atoms with E-state index in [1.54, 1.807) is 19.1 Å². The van der Waals surface area contributed by atoms with Crippen molar-refractivity contribution < 1.29 is 33.9 Å². The lowest BCUT2D eigenvalue weighted by molar-refractivity contribution is -0.135. The molecule has 2 rings (SSSR count). The number of Topliss-reactive ketones (excluding diaryl/α,β-unsaturated/α-hetero) is 4. The van der Waals surface area contributed by atoms with Gasteiger partial charge in [-0.3, -0.25) is 28.8 Å². The van der Waals surface area contributed by atoms with Gasteiger partial charge in [0.05, 0.1) is 18.0 Å². The quantitative estimate of drug-likeness (QED) is 0.0513. The molecule has 0 unspecified atom stereocenters. The Bertz CT molecular complexity index is 1500. The van der Waals surface area contributed by atoms with Gasteiger partial charge in [0.25, 0.3) is 0 Å². The maximum Gasteiger partial charge on any atom is 0.224 e. The van der Waals surface area contributed by atoms with Crippen molar-refractivity contribution in [3.63, 3.8) is 0 Å². The van der Waals surface area contributed by atoms with Crippen molar-refractivity contribution in [1.82, 2.24) is 10.6 Å². The van der Waals surface area contributed by atoms with Gasteiger partial charge in [-0.15, -0.1) is 11.6 Å². The number of alkyl halides is 1. The number of aliphatic hydroxyl groups excluding tert-OH is 1. The number of carbonyl (C=O) groups is 6. The molecule has 0 aliphatic rings. The highest BCUT2D eigenvalue weighted by Gasteiger charge is 2.33. The predicted octanol–water partition coefficient (Wildman–Crippen LogP) is 4.71. The summed E-state index contributed by atoms with van der Waals surface area (Å²) in [5, 5.41) is 15.8. The van der Waals surface area contributed by atoms with E-state index in [1.165, 1.54) is 19.4 Å². The molecule has 0 radical (unpaired) electrons. The molecule has 12 heteroatoms. The van der Waals surface area contributed by atoms with Crippen LogP contribution in [0.4, 0.5) is 0 Å². The second kappa shape index (κ2) is 23.8. The number of aliphatic hydroxyl groups is 1. The van der Waals surface area contributed by atoms with Gasteiger partial charge in [0.15, 0.2) is 23.1 Å². The van der Waals surface area contributed by atoms with E-state index in [0.717, 1.165) is 30.4 Å². The molecular weight excluding hydrogens is 696 g/mol. The maximum atomic E-state index is 13.4. The zero-order valence-electron chi connectivity index (χ0n) is 31.7. The van der Waals surface area contributed by atoms with Gasteiger partial charge in [-0.25, -0.2) is 0 Å². The summed E-state index contributed by atoms with van der Waals surface area (Å²) in [5.41, 5.74) is 15.1. The Hall–Kier alpha value is -3.77. The molecule has 292 valence electrons. The third-order valence-corrected chi connectivity index (χ3v) is 9.82. The second-order valence-corrected chi connectivity index (χ2v) is 14.4. The van der Waals surface area contributed by atoms with Crippen LogP contribution < -0.4 is 22.1 Å². The molecule has 2 aromatic rings. The topological polar surface area (TPSA) is 199 Å². The number of ketones is 4. The Kier molecular flexibility index (Phi) is 20.4. The molecule has 2 aromatic carbocycles. The lowest BCUT2D eigenvalue weighted by Crippen LogP contribution is -2.51. The summed E-state index contributed by atoms with van der Waals surface area (Å²) >= 11 is 5.64. The monoisotopic (exact) mass is 754 g/mol. The molecule has 53 heavy (non-hydrogen) atoms. The van der Waals surface area contributed by atoms with Gasteiger partial charge in [-0.1, -0.05) is 75.7 Å². The molecule has 0 fully saturated rings. The molecular formula is C41H59ClN4O7. The lowest BCUT2D eigenvalue weighted by atomic mass is 9.91. The van der Waals surface area contributed by atoms with E-state index in [9.17, 15) is 33.9 Å². The largest absolute Gasteiger partial charge is 0.391 e. The average molecular weight is 755 g/mol. The number of aryl methyl sites for hydroxylation is 1. The molecule has 0 aliphatic heterocycles. The van der Waals surface area contributed by atoms with Crippen LogP contribution in [-0.2, 0) is 30.4 Å². The van der Waals surface area contributed by atoms with Gasteiger partial charge >= 0.3 is 0 Å². The maximum absolute atomic E-state index is 13.4. The first-order chi connectivity index (χ1) is 25.3. The molecule has 0 saturated carbocycles. The van der Waals surface area contributed by atoms with Crippen molar-refractivity contribution in [2.24, 2.45) is 29.2 Å². The van der Waals surface area contributed by atoms with E-state index in [0.29, 0.717) is 31.4 Å². The number of nitrogens with two attached hydrogens (primary N) is 2. The minimum Gasteiger partial charge on any atom is -0.391 e. The van der Waals surface area contributed by atoms with Gasteiger partial charge in [0.2, 0.25) is 11.8 Å². The summed E-state index contributed by atoms with van der Waals surface area (Å²) in [7, 11) is 0. The Morgan fingerprint density at radius 3 is 1.85 bits per heavy atom. The first kappa shape index (κ1) is 45.4. The third-order valence-electron chi connectivity index (χ3n) is 9.55. The van der Waals surface area contributed by atoms with Crippen molar-refractivity contribution >= 4 is 46.5 Å². The zero-order valence-corrected chi connectivity index (χ0v) is 32.5. The van der Waals surface area contributed by atoms with Crippen LogP contribution in [0.1, 0.15) is 101 Å². The van der Waals surface area contributed by atoms with E-state index in [2.05, 4.69) is 41.8 Å². The number of rotatable bonds is 26. The van der Waals surface area contributed by atoms with E-state index >= 15 is 0 Å². The smallest absolute Gasteiger partial charge is 0.224 e. The van der Waals surface area contributed by atoms with Crippen molar-refractivity contribution in [1.29, 1.82) is 0 Å². The van der Waals surface area contributed by atoms with Crippen LogP contribution in [0.3, 0.4) is 0 Å². The Morgan fingerprint density at radius 1 is 0.698 bits per heavy atom. The van der Waals surface area contributed by atoms with Crippen LogP contribution in [0.15, 0.2) is 48.5 Å². The molecule has 0 bridgehead atoms. The number of benzene rings is 2. The van der Waals surface area contributed by atoms with Gasteiger partial charge in [0, 0.05) is 42.6 Å². The Labute approximate surface area is 319 Å². The van der Waals surface area contributed by atoms with Crippen LogP contribution in [0.5, 0.6) is 0 Å². The molecule has 0 aromatic heterocycles. The van der Waals surface area contributed by atoms with Crippen molar-refractivity contribution in [3.05, 3.63) is 59.7 Å². The lowest BCUT2D eigenvalue weighted by Gasteiger charge is -2.25. The summed E-state index contributed by atoms with van der Waals surface area (Å²) in [5.74, 6) is -5.19. The van der Waals surface area contributed by atoms with Crippen molar-refractivity contribution in [2.45, 2.75) is 110 Å². The molecule has 6 atom stereocenters. The third kappa shape index (κ3) is 15.2. The van der Waals surface area contributed by atoms with E-state index in [-0.39, 0.29) is 55.5 Å². The predicted molar refractivity (Wildman–Crippen MR) is 208 cm³/mol. The number of hydrogen-bond acceptors (Lipinski definition) is 9. The summed E-state index contributed by atoms with van der Waals surface area (Å²) < 4.78 is 0. The van der Waals surface area contributed by atoms with Gasteiger partial charge in [-0.2, -0.15) is 0 Å². The standard InChI is InChI=1S/C41H59ClN4O7/c1-5-6-9-29-11-13-30(14-12-29)31-15-17-32(18-16-31)35(48)24-33(19-21-44)41(53)46-39(28(4)47)37(50)23-27(3)40(52)45-34(10-7-8-20-43)36(49)22-26(2)38(51)25-42/h11-18,26-28,33-34,39,47H,5-10,19-25,43-44H2,1-4H3,(H,45,52)(H,46,53)/t26-,27-,28-,33-,34+,39+/m1/s1. The van der Waals surface area contributed by atoms with E-state index < -0.39 is 53.5 Å². The highest BCUT2D eigenvalue weighted by atomic mass is 35.5. The Balaban J connectivity index is 2.06. The van der Waals surface area contributed by atoms with E-state index in [1.807, 2.05) is 12.1 Å². The first-order valence-corrected chi connectivity index (χ1v) is 19.3. The molecule has 0 heterocycles. The number of unbranched alkanes of at least 4 members (excludes halogenated alkanes) is 2. The average Bonchev–Trinajstić information content (AvgIpc) is 3.14. The number of halogens is 1. The van der Waals surface area contributed by atoms with Crippen molar-refractivity contribution in [3.8, 4) is 11.1 Å². The molecule has 11 nitrogen and oxygen atoms in total. The molecule has 2 amide bonds. The van der Waals surface area contributed by atoms with E-state index in [4.69, 9.17) is 23.1 Å². The SMILES string of the molecule is CCCCc1ccc(-c2ccc(C(=O)C[C@@H](CCN)C(=O)N[C@H](C(=O)C[C@@H](C)C(=O)N[C@@H](CCCCN)C(=O)C[C@@H](C)C(=O)CCl)[C@@H](C)O)cc2)cc1. The van der Waals surface area contributed by atoms with Crippen LogP contribution >= 0.6 is 11.6 Å². The summed E-state index contributed by atoms with van der Waals surface area (Å²) in [4.78, 5) is 78.3. The van der Waals surface area contributed by atoms with Crippen LogP contribution in [0, 0.1) is 17.8 Å². The molecule has 0 saturated heterocycles. The van der Waals surface area contributed by atoms with Gasteiger partial charge in [-0.05, 0) is 75.2 Å². The summed E-state index contributed by atoms with van der Waals surface area (Å²) in [6.07, 6.45) is 3.13. The molecule has 0 spiro atoms.